The third-order valence-corrected chi connectivity index (χ3v) is 6.23. The molecule has 2 atom stereocenters. The SMILES string of the molecule is CC1CCN(C(=O)CSc2nc3ccccc3s2)C(C(=O)O)C1. The third kappa shape index (κ3) is 3.67. The minimum atomic E-state index is -0.908. The maximum Gasteiger partial charge on any atom is 0.326 e. The van der Waals surface area contributed by atoms with Crippen molar-refractivity contribution in [1.82, 2.24) is 9.88 Å². The molecule has 1 N–H and O–H groups in total. The number of para-hydroxylation sites is 1. The zero-order chi connectivity index (χ0) is 16.4. The molecule has 0 bridgehead atoms. The standard InChI is InChI=1S/C16H18N2O3S2/c1-10-6-7-18(12(8-10)15(20)21)14(19)9-22-16-17-11-4-2-3-5-13(11)23-16/h2-5,10,12H,6-9H2,1H3,(H,20,21). The Hall–Kier alpha value is -1.60. The van der Waals surface area contributed by atoms with E-state index < -0.39 is 12.0 Å². The molecule has 0 aliphatic carbocycles. The Balaban J connectivity index is 1.65. The first kappa shape index (κ1) is 16.3. The number of aromatic nitrogens is 1. The van der Waals surface area contributed by atoms with Crippen molar-refractivity contribution in [2.45, 2.75) is 30.1 Å². The summed E-state index contributed by atoms with van der Waals surface area (Å²) < 4.78 is 1.94. The van der Waals surface area contributed by atoms with Gasteiger partial charge in [0.25, 0.3) is 0 Å². The molecule has 1 aliphatic rings. The van der Waals surface area contributed by atoms with E-state index >= 15 is 0 Å². The molecule has 0 spiro atoms. The van der Waals surface area contributed by atoms with Crippen LogP contribution in [0.3, 0.4) is 0 Å². The number of benzene rings is 1. The zero-order valence-electron chi connectivity index (χ0n) is 12.8. The molecule has 0 saturated carbocycles. The summed E-state index contributed by atoms with van der Waals surface area (Å²) in [5.41, 5.74) is 0.933. The number of carboxylic acid groups (broad SMARTS) is 1. The Bertz CT molecular complexity index is 698. The number of thioether (sulfide) groups is 1. The second-order valence-electron chi connectivity index (χ2n) is 5.81. The molecule has 2 aromatic rings. The van der Waals surface area contributed by atoms with Gasteiger partial charge in [0, 0.05) is 6.54 Å². The topological polar surface area (TPSA) is 70.5 Å². The molecule has 1 fully saturated rings. The van der Waals surface area contributed by atoms with Crippen LogP contribution in [0.15, 0.2) is 28.6 Å². The number of carbonyl (C=O) groups is 2. The van der Waals surface area contributed by atoms with Crippen LogP contribution in [0.5, 0.6) is 0 Å². The summed E-state index contributed by atoms with van der Waals surface area (Å²) >= 11 is 2.94. The highest BCUT2D eigenvalue weighted by Gasteiger charge is 2.34. The van der Waals surface area contributed by atoms with Crippen LogP contribution in [-0.4, -0.2) is 45.2 Å². The highest BCUT2D eigenvalue weighted by Crippen LogP contribution is 2.30. The number of fused-ring (bicyclic) bond motifs is 1. The Kier molecular flexibility index (Phi) is 4.87. The lowest BCUT2D eigenvalue weighted by Gasteiger charge is -2.35. The monoisotopic (exact) mass is 350 g/mol. The Morgan fingerprint density at radius 2 is 2.22 bits per heavy atom. The number of rotatable bonds is 4. The van der Waals surface area contributed by atoms with E-state index in [9.17, 15) is 14.7 Å². The second kappa shape index (κ2) is 6.88. The largest absolute Gasteiger partial charge is 0.480 e. The molecule has 1 aromatic heterocycles. The van der Waals surface area contributed by atoms with E-state index in [1.165, 1.54) is 16.7 Å². The van der Waals surface area contributed by atoms with Crippen LogP contribution in [0, 0.1) is 5.92 Å². The fourth-order valence-corrected chi connectivity index (χ4v) is 4.75. The van der Waals surface area contributed by atoms with E-state index in [1.54, 1.807) is 11.3 Å². The summed E-state index contributed by atoms with van der Waals surface area (Å²) in [6.45, 7) is 2.56. The number of amides is 1. The molecular weight excluding hydrogens is 332 g/mol. The van der Waals surface area contributed by atoms with Crippen LogP contribution in [0.2, 0.25) is 0 Å². The highest BCUT2D eigenvalue weighted by molar-refractivity contribution is 8.01. The molecule has 2 unspecified atom stereocenters. The van der Waals surface area contributed by atoms with Crippen LogP contribution in [-0.2, 0) is 9.59 Å². The number of thiazole rings is 1. The van der Waals surface area contributed by atoms with Gasteiger partial charge in [0.2, 0.25) is 5.91 Å². The van der Waals surface area contributed by atoms with Gasteiger partial charge >= 0.3 is 5.97 Å². The molecular formula is C16H18N2O3S2. The number of hydrogen-bond donors (Lipinski definition) is 1. The van der Waals surface area contributed by atoms with Crippen molar-refractivity contribution in [1.29, 1.82) is 0 Å². The molecule has 1 aliphatic heterocycles. The first-order chi connectivity index (χ1) is 11.0. The van der Waals surface area contributed by atoms with E-state index in [0.29, 0.717) is 18.9 Å². The number of hydrogen-bond acceptors (Lipinski definition) is 5. The lowest BCUT2D eigenvalue weighted by Crippen LogP contribution is -2.50. The van der Waals surface area contributed by atoms with Crippen LogP contribution in [0.4, 0.5) is 0 Å². The fourth-order valence-electron chi connectivity index (χ4n) is 2.79. The smallest absolute Gasteiger partial charge is 0.326 e. The average molecular weight is 350 g/mol. The van der Waals surface area contributed by atoms with E-state index in [1.807, 2.05) is 31.2 Å². The van der Waals surface area contributed by atoms with Gasteiger partial charge in [-0.05, 0) is 30.9 Å². The van der Waals surface area contributed by atoms with Crippen molar-refractivity contribution in [2.75, 3.05) is 12.3 Å². The number of carbonyl (C=O) groups excluding carboxylic acids is 1. The zero-order valence-corrected chi connectivity index (χ0v) is 14.4. The van der Waals surface area contributed by atoms with E-state index in [2.05, 4.69) is 4.98 Å². The summed E-state index contributed by atoms with van der Waals surface area (Å²) in [4.78, 5) is 29.8. The maximum atomic E-state index is 12.4. The van der Waals surface area contributed by atoms with Crippen LogP contribution in [0.25, 0.3) is 10.2 Å². The van der Waals surface area contributed by atoms with E-state index in [-0.39, 0.29) is 11.7 Å². The number of aliphatic carboxylic acids is 1. The number of likely N-dealkylation sites (tertiary alicyclic amines) is 1. The van der Waals surface area contributed by atoms with Gasteiger partial charge in [-0.1, -0.05) is 30.8 Å². The van der Waals surface area contributed by atoms with Crippen molar-refractivity contribution in [3.8, 4) is 0 Å². The van der Waals surface area contributed by atoms with Gasteiger partial charge in [0.05, 0.1) is 16.0 Å². The van der Waals surface area contributed by atoms with Gasteiger partial charge in [0.15, 0.2) is 4.34 Å². The third-order valence-electron chi connectivity index (χ3n) is 4.06. The number of carboxylic acids is 1. The van der Waals surface area contributed by atoms with Crippen LogP contribution < -0.4 is 0 Å². The van der Waals surface area contributed by atoms with E-state index in [4.69, 9.17) is 0 Å². The van der Waals surface area contributed by atoms with Crippen molar-refractivity contribution < 1.29 is 14.7 Å². The van der Waals surface area contributed by atoms with Gasteiger partial charge in [-0.2, -0.15) is 0 Å². The van der Waals surface area contributed by atoms with Crippen LogP contribution >= 0.6 is 23.1 Å². The number of nitrogens with zero attached hydrogens (tertiary/aromatic N) is 2. The van der Waals surface area contributed by atoms with Gasteiger partial charge in [-0.25, -0.2) is 9.78 Å². The normalized spacial score (nSPS) is 21.5. The minimum absolute atomic E-state index is 0.117. The van der Waals surface area contributed by atoms with Crippen molar-refractivity contribution >= 4 is 45.2 Å². The van der Waals surface area contributed by atoms with Gasteiger partial charge in [-0.3, -0.25) is 4.79 Å². The second-order valence-corrected chi connectivity index (χ2v) is 8.06. The predicted molar refractivity (Wildman–Crippen MR) is 91.9 cm³/mol. The number of piperidine rings is 1. The van der Waals surface area contributed by atoms with Crippen molar-refractivity contribution in [3.63, 3.8) is 0 Å². The van der Waals surface area contributed by atoms with Gasteiger partial charge in [0.1, 0.15) is 6.04 Å². The van der Waals surface area contributed by atoms with Crippen molar-refractivity contribution in [3.05, 3.63) is 24.3 Å². The molecule has 1 aromatic carbocycles. The molecule has 5 nitrogen and oxygen atoms in total. The Morgan fingerprint density at radius 3 is 2.96 bits per heavy atom. The maximum absolute atomic E-state index is 12.4. The molecule has 0 radical (unpaired) electrons. The Labute approximate surface area is 142 Å². The van der Waals surface area contributed by atoms with E-state index in [0.717, 1.165) is 21.0 Å². The molecule has 1 saturated heterocycles. The molecule has 122 valence electrons. The lowest BCUT2D eigenvalue weighted by molar-refractivity contribution is -0.151. The summed E-state index contributed by atoms with van der Waals surface area (Å²) in [5, 5.41) is 9.34. The average Bonchev–Trinajstić information content (AvgIpc) is 2.95. The first-order valence-corrected chi connectivity index (χ1v) is 9.35. The molecule has 7 heteroatoms. The predicted octanol–water partition coefficient (Wildman–Crippen LogP) is 3.10. The summed E-state index contributed by atoms with van der Waals surface area (Å²) in [6, 6.07) is 7.16. The fraction of sp³-hybridized carbons (Fsp3) is 0.438. The van der Waals surface area contributed by atoms with Gasteiger partial charge < -0.3 is 10.0 Å². The molecule has 2 heterocycles. The first-order valence-electron chi connectivity index (χ1n) is 7.55. The quantitative estimate of drug-likeness (QED) is 0.858. The Morgan fingerprint density at radius 1 is 1.43 bits per heavy atom. The molecule has 3 rings (SSSR count). The van der Waals surface area contributed by atoms with Gasteiger partial charge in [-0.15, -0.1) is 11.3 Å². The lowest BCUT2D eigenvalue weighted by atomic mass is 9.92. The molecule has 1 amide bonds. The summed E-state index contributed by atoms with van der Waals surface area (Å²) in [5.74, 6) is -0.446. The molecule has 23 heavy (non-hydrogen) atoms. The highest BCUT2D eigenvalue weighted by atomic mass is 32.2. The minimum Gasteiger partial charge on any atom is -0.480 e. The summed E-state index contributed by atoms with van der Waals surface area (Å²) in [6.07, 6.45) is 1.40. The summed E-state index contributed by atoms with van der Waals surface area (Å²) in [7, 11) is 0. The van der Waals surface area contributed by atoms with Crippen LogP contribution in [0.1, 0.15) is 19.8 Å². The van der Waals surface area contributed by atoms with Crippen molar-refractivity contribution in [2.24, 2.45) is 5.92 Å².